The van der Waals surface area contributed by atoms with Crippen molar-refractivity contribution in [1.29, 1.82) is 0 Å². The largest absolute Gasteiger partial charge is 0.465 e. The van der Waals surface area contributed by atoms with Gasteiger partial charge in [-0.15, -0.1) is 11.8 Å². The summed E-state index contributed by atoms with van der Waals surface area (Å²) in [5, 5.41) is 3.48. The van der Waals surface area contributed by atoms with Gasteiger partial charge in [0.25, 0.3) is 0 Å². The van der Waals surface area contributed by atoms with Gasteiger partial charge in [0.1, 0.15) is 0 Å². The average Bonchev–Trinajstić information content (AvgIpc) is 2.47. The molecule has 1 aromatic carbocycles. The van der Waals surface area contributed by atoms with Crippen LogP contribution in [0.2, 0.25) is 0 Å². The van der Waals surface area contributed by atoms with Gasteiger partial charge < -0.3 is 10.1 Å². The Morgan fingerprint density at radius 2 is 1.81 bits per heavy atom. The number of benzene rings is 1. The standard InChI is InChI=1S/C17H27NO2S/c1-5-18-16(11-21-12-17(19)20-6-2)15-9-7-14(8-10-15)13(3)4/h7-10,13,16,18H,5-6,11-12H2,1-4H3. The lowest BCUT2D eigenvalue weighted by Gasteiger charge is -2.18. The van der Waals surface area contributed by atoms with Gasteiger partial charge in [-0.1, -0.05) is 45.0 Å². The minimum absolute atomic E-state index is 0.132. The Morgan fingerprint density at radius 1 is 1.19 bits per heavy atom. The molecule has 0 radical (unpaired) electrons. The molecule has 1 atom stereocenters. The van der Waals surface area contributed by atoms with Crippen molar-refractivity contribution in [2.24, 2.45) is 0 Å². The fraction of sp³-hybridized carbons (Fsp3) is 0.588. The van der Waals surface area contributed by atoms with E-state index in [4.69, 9.17) is 4.74 Å². The van der Waals surface area contributed by atoms with Crippen molar-refractivity contribution >= 4 is 17.7 Å². The van der Waals surface area contributed by atoms with Crippen LogP contribution in [0.5, 0.6) is 0 Å². The first-order valence-electron chi connectivity index (χ1n) is 7.65. The Kier molecular flexibility index (Phi) is 8.47. The third-order valence-electron chi connectivity index (χ3n) is 3.27. The zero-order valence-electron chi connectivity index (χ0n) is 13.5. The number of nitrogens with one attached hydrogen (secondary N) is 1. The summed E-state index contributed by atoms with van der Waals surface area (Å²) in [6.45, 7) is 9.70. The Labute approximate surface area is 132 Å². The molecule has 21 heavy (non-hydrogen) atoms. The zero-order chi connectivity index (χ0) is 15.7. The van der Waals surface area contributed by atoms with E-state index in [2.05, 4.69) is 50.4 Å². The van der Waals surface area contributed by atoms with Gasteiger partial charge in [-0.05, 0) is 30.5 Å². The molecule has 3 nitrogen and oxygen atoms in total. The van der Waals surface area contributed by atoms with Crippen LogP contribution in [0, 0.1) is 0 Å². The summed E-state index contributed by atoms with van der Waals surface area (Å²) in [6.07, 6.45) is 0. The Balaban J connectivity index is 2.57. The second-order valence-corrected chi connectivity index (χ2v) is 6.28. The second kappa shape index (κ2) is 9.85. The summed E-state index contributed by atoms with van der Waals surface area (Å²) >= 11 is 1.62. The molecule has 0 aliphatic rings. The van der Waals surface area contributed by atoms with E-state index in [1.54, 1.807) is 11.8 Å². The number of carbonyl (C=O) groups excluding carboxylic acids is 1. The number of hydrogen-bond acceptors (Lipinski definition) is 4. The van der Waals surface area contributed by atoms with Crippen LogP contribution in [-0.4, -0.2) is 30.6 Å². The predicted molar refractivity (Wildman–Crippen MR) is 90.9 cm³/mol. The van der Waals surface area contributed by atoms with Crippen molar-refractivity contribution in [3.8, 4) is 0 Å². The third-order valence-corrected chi connectivity index (χ3v) is 4.27. The fourth-order valence-corrected chi connectivity index (χ4v) is 3.01. The molecule has 0 aliphatic heterocycles. The van der Waals surface area contributed by atoms with Crippen LogP contribution in [0.4, 0.5) is 0 Å². The smallest absolute Gasteiger partial charge is 0.315 e. The van der Waals surface area contributed by atoms with Crippen LogP contribution in [-0.2, 0) is 9.53 Å². The van der Waals surface area contributed by atoms with Gasteiger partial charge in [-0.3, -0.25) is 4.79 Å². The molecule has 1 rings (SSSR count). The monoisotopic (exact) mass is 309 g/mol. The van der Waals surface area contributed by atoms with Crippen molar-refractivity contribution in [2.45, 2.75) is 39.7 Å². The molecule has 118 valence electrons. The summed E-state index contributed by atoms with van der Waals surface area (Å²) < 4.78 is 4.95. The number of ether oxygens (including phenoxy) is 1. The Hall–Kier alpha value is -1.00. The van der Waals surface area contributed by atoms with E-state index in [-0.39, 0.29) is 12.0 Å². The molecule has 0 saturated heterocycles. The van der Waals surface area contributed by atoms with Crippen LogP contribution in [0.1, 0.15) is 50.8 Å². The highest BCUT2D eigenvalue weighted by Crippen LogP contribution is 2.21. The first kappa shape index (κ1) is 18.1. The highest BCUT2D eigenvalue weighted by Gasteiger charge is 2.12. The maximum Gasteiger partial charge on any atom is 0.315 e. The van der Waals surface area contributed by atoms with Gasteiger partial charge >= 0.3 is 5.97 Å². The molecular formula is C17H27NO2S. The third kappa shape index (κ3) is 6.53. The SMILES string of the molecule is CCNC(CSCC(=O)OCC)c1ccc(C(C)C)cc1. The van der Waals surface area contributed by atoms with Gasteiger partial charge in [0.2, 0.25) is 0 Å². The van der Waals surface area contributed by atoms with E-state index in [9.17, 15) is 4.79 Å². The van der Waals surface area contributed by atoms with Crippen molar-refractivity contribution < 1.29 is 9.53 Å². The Bertz CT molecular complexity index is 417. The molecule has 0 bridgehead atoms. The van der Waals surface area contributed by atoms with E-state index in [0.717, 1.165) is 12.3 Å². The normalized spacial score (nSPS) is 12.4. The summed E-state index contributed by atoms with van der Waals surface area (Å²) in [7, 11) is 0. The average molecular weight is 309 g/mol. The summed E-state index contributed by atoms with van der Waals surface area (Å²) in [5.74, 6) is 1.70. The molecular weight excluding hydrogens is 282 g/mol. The molecule has 0 fully saturated rings. The summed E-state index contributed by atoms with van der Waals surface area (Å²) in [6, 6.07) is 9.04. The molecule has 1 unspecified atom stereocenters. The zero-order valence-corrected chi connectivity index (χ0v) is 14.3. The molecule has 0 amide bonds. The van der Waals surface area contributed by atoms with E-state index >= 15 is 0 Å². The number of rotatable bonds is 9. The van der Waals surface area contributed by atoms with E-state index in [1.165, 1.54) is 11.1 Å². The lowest BCUT2D eigenvalue weighted by molar-refractivity contribution is -0.139. The van der Waals surface area contributed by atoms with Gasteiger partial charge in [0.05, 0.1) is 12.4 Å². The number of thioether (sulfide) groups is 1. The van der Waals surface area contributed by atoms with Gasteiger partial charge in [0, 0.05) is 11.8 Å². The van der Waals surface area contributed by atoms with Gasteiger partial charge in [-0.25, -0.2) is 0 Å². The van der Waals surface area contributed by atoms with Crippen molar-refractivity contribution in [2.75, 3.05) is 24.7 Å². The van der Waals surface area contributed by atoms with Crippen molar-refractivity contribution in [1.82, 2.24) is 5.32 Å². The highest BCUT2D eigenvalue weighted by atomic mass is 32.2. The first-order chi connectivity index (χ1) is 10.1. The maximum atomic E-state index is 11.4. The van der Waals surface area contributed by atoms with Crippen LogP contribution < -0.4 is 5.32 Å². The van der Waals surface area contributed by atoms with Crippen molar-refractivity contribution in [3.63, 3.8) is 0 Å². The van der Waals surface area contributed by atoms with Crippen LogP contribution >= 0.6 is 11.8 Å². The topological polar surface area (TPSA) is 38.3 Å². The Morgan fingerprint density at radius 3 is 2.33 bits per heavy atom. The fourth-order valence-electron chi connectivity index (χ4n) is 2.10. The molecule has 0 aliphatic carbocycles. The van der Waals surface area contributed by atoms with Crippen LogP contribution in [0.15, 0.2) is 24.3 Å². The highest BCUT2D eigenvalue weighted by molar-refractivity contribution is 7.99. The number of carbonyl (C=O) groups is 1. The minimum atomic E-state index is -0.132. The number of hydrogen-bond donors (Lipinski definition) is 1. The summed E-state index contributed by atoms with van der Waals surface area (Å²) in [5.41, 5.74) is 2.63. The lowest BCUT2D eigenvalue weighted by atomic mass is 9.99. The van der Waals surface area contributed by atoms with E-state index in [0.29, 0.717) is 18.3 Å². The van der Waals surface area contributed by atoms with E-state index in [1.807, 2.05) is 6.92 Å². The molecule has 4 heteroatoms. The molecule has 0 saturated carbocycles. The van der Waals surface area contributed by atoms with E-state index < -0.39 is 0 Å². The predicted octanol–water partition coefficient (Wildman–Crippen LogP) is 3.76. The first-order valence-corrected chi connectivity index (χ1v) is 8.80. The molecule has 1 N–H and O–H groups in total. The molecule has 0 aromatic heterocycles. The minimum Gasteiger partial charge on any atom is -0.465 e. The van der Waals surface area contributed by atoms with Gasteiger partial charge in [0.15, 0.2) is 0 Å². The molecule has 0 heterocycles. The quantitative estimate of drug-likeness (QED) is 0.705. The molecule has 1 aromatic rings. The second-order valence-electron chi connectivity index (χ2n) is 5.25. The van der Waals surface area contributed by atoms with Crippen LogP contribution in [0.25, 0.3) is 0 Å². The van der Waals surface area contributed by atoms with Crippen molar-refractivity contribution in [3.05, 3.63) is 35.4 Å². The summed E-state index contributed by atoms with van der Waals surface area (Å²) in [4.78, 5) is 11.4. The van der Waals surface area contributed by atoms with Gasteiger partial charge in [-0.2, -0.15) is 0 Å². The van der Waals surface area contributed by atoms with Crippen LogP contribution in [0.3, 0.4) is 0 Å². The number of esters is 1. The lowest BCUT2D eigenvalue weighted by Crippen LogP contribution is -2.23. The maximum absolute atomic E-state index is 11.4. The molecule has 0 spiro atoms.